The lowest BCUT2D eigenvalue weighted by Crippen LogP contribution is -2.30. The SMILES string of the molecule is Cc1cc(C)c(C)c(-c2c3ccc(C4CCCCC4)cc3cc[n+]2C)c1. The number of fused-ring (bicyclic) bond motifs is 1. The van der Waals surface area contributed by atoms with Gasteiger partial charge in [-0.2, -0.15) is 0 Å². The van der Waals surface area contributed by atoms with Crippen molar-refractivity contribution in [3.63, 3.8) is 0 Å². The highest BCUT2D eigenvalue weighted by atomic mass is 14.9. The molecule has 3 aromatic rings. The molecule has 0 N–H and O–H groups in total. The molecule has 0 bridgehead atoms. The third-order valence-electron chi connectivity index (χ3n) is 6.30. The standard InChI is InChI=1S/C25H30N/c1-17-14-18(2)19(3)24(15-17)25-23-11-10-21(20-8-6-5-7-9-20)16-22(23)12-13-26(25)4/h10-16,20H,5-9H2,1-4H3/q+1. The fourth-order valence-corrected chi connectivity index (χ4v) is 4.70. The van der Waals surface area contributed by atoms with E-state index >= 15 is 0 Å². The predicted octanol–water partition coefficient (Wildman–Crippen LogP) is 6.30. The van der Waals surface area contributed by atoms with E-state index < -0.39 is 0 Å². The van der Waals surface area contributed by atoms with Gasteiger partial charge in [0.25, 0.3) is 0 Å². The van der Waals surface area contributed by atoms with Crippen LogP contribution in [0.2, 0.25) is 0 Å². The van der Waals surface area contributed by atoms with Crippen LogP contribution in [0.1, 0.15) is 60.3 Å². The van der Waals surface area contributed by atoms with Gasteiger partial charge < -0.3 is 0 Å². The summed E-state index contributed by atoms with van der Waals surface area (Å²) in [6, 6.07) is 14.1. The second-order valence-corrected chi connectivity index (χ2v) is 8.21. The summed E-state index contributed by atoms with van der Waals surface area (Å²) < 4.78 is 2.28. The molecule has 134 valence electrons. The van der Waals surface area contributed by atoms with E-state index in [2.05, 4.69) is 75.0 Å². The van der Waals surface area contributed by atoms with Crippen LogP contribution in [0.3, 0.4) is 0 Å². The molecule has 1 aliphatic rings. The summed E-state index contributed by atoms with van der Waals surface area (Å²) in [5, 5.41) is 2.74. The Morgan fingerprint density at radius 3 is 2.42 bits per heavy atom. The van der Waals surface area contributed by atoms with Crippen molar-refractivity contribution in [1.82, 2.24) is 0 Å². The average molecular weight is 345 g/mol. The van der Waals surface area contributed by atoms with Crippen LogP contribution in [0.4, 0.5) is 0 Å². The van der Waals surface area contributed by atoms with Crippen LogP contribution < -0.4 is 4.57 Å². The first kappa shape index (κ1) is 17.3. The van der Waals surface area contributed by atoms with Gasteiger partial charge in [-0.25, -0.2) is 4.57 Å². The summed E-state index contributed by atoms with van der Waals surface area (Å²) in [4.78, 5) is 0. The molecule has 1 saturated carbocycles. The minimum Gasteiger partial charge on any atom is -0.200 e. The number of aryl methyl sites for hydroxylation is 3. The number of hydrogen-bond acceptors (Lipinski definition) is 0. The Labute approximate surface area is 157 Å². The summed E-state index contributed by atoms with van der Waals surface area (Å²) in [7, 11) is 2.17. The number of rotatable bonds is 2. The van der Waals surface area contributed by atoms with Gasteiger partial charge in [-0.05, 0) is 73.7 Å². The molecule has 1 nitrogen and oxygen atoms in total. The minimum atomic E-state index is 0.758. The smallest absolute Gasteiger partial charge is 0.200 e. The minimum absolute atomic E-state index is 0.758. The molecule has 1 fully saturated rings. The van der Waals surface area contributed by atoms with Crippen molar-refractivity contribution in [1.29, 1.82) is 0 Å². The Kier molecular flexibility index (Phi) is 4.56. The quantitative estimate of drug-likeness (QED) is 0.480. The largest absolute Gasteiger partial charge is 0.220 e. The van der Waals surface area contributed by atoms with Gasteiger partial charge in [-0.3, -0.25) is 0 Å². The van der Waals surface area contributed by atoms with Crippen LogP contribution in [0, 0.1) is 20.8 Å². The van der Waals surface area contributed by atoms with Gasteiger partial charge in [-0.15, -0.1) is 0 Å². The van der Waals surface area contributed by atoms with Crippen LogP contribution in [0.15, 0.2) is 42.6 Å². The van der Waals surface area contributed by atoms with Crippen molar-refractivity contribution < 1.29 is 4.57 Å². The van der Waals surface area contributed by atoms with E-state index in [0.717, 1.165) is 5.92 Å². The van der Waals surface area contributed by atoms with E-state index in [4.69, 9.17) is 0 Å². The lowest BCUT2D eigenvalue weighted by atomic mass is 9.83. The van der Waals surface area contributed by atoms with Crippen LogP contribution in [-0.4, -0.2) is 0 Å². The van der Waals surface area contributed by atoms with Crippen molar-refractivity contribution in [2.45, 2.75) is 58.8 Å². The molecule has 1 aliphatic carbocycles. The molecule has 0 radical (unpaired) electrons. The van der Waals surface area contributed by atoms with Crippen molar-refractivity contribution in [3.05, 3.63) is 64.8 Å². The van der Waals surface area contributed by atoms with E-state index in [-0.39, 0.29) is 0 Å². The predicted molar refractivity (Wildman–Crippen MR) is 111 cm³/mol. The molecule has 0 unspecified atom stereocenters. The highest BCUT2D eigenvalue weighted by Crippen LogP contribution is 2.36. The van der Waals surface area contributed by atoms with Gasteiger partial charge in [0, 0.05) is 6.07 Å². The molecule has 1 heterocycles. The van der Waals surface area contributed by atoms with E-state index in [1.54, 1.807) is 0 Å². The molecule has 0 spiro atoms. The monoisotopic (exact) mass is 344 g/mol. The molecule has 26 heavy (non-hydrogen) atoms. The number of benzene rings is 2. The van der Waals surface area contributed by atoms with Crippen LogP contribution >= 0.6 is 0 Å². The molecular weight excluding hydrogens is 314 g/mol. The zero-order valence-electron chi connectivity index (χ0n) is 16.6. The lowest BCUT2D eigenvalue weighted by Gasteiger charge is -2.22. The van der Waals surface area contributed by atoms with Crippen LogP contribution in [0.5, 0.6) is 0 Å². The van der Waals surface area contributed by atoms with E-state index in [0.29, 0.717) is 0 Å². The summed E-state index contributed by atoms with van der Waals surface area (Å²) in [5.41, 5.74) is 8.32. The molecule has 0 amide bonds. The maximum atomic E-state index is 2.45. The van der Waals surface area contributed by atoms with Gasteiger partial charge in [0.15, 0.2) is 6.20 Å². The lowest BCUT2D eigenvalue weighted by molar-refractivity contribution is -0.659. The van der Waals surface area contributed by atoms with Gasteiger partial charge >= 0.3 is 0 Å². The average Bonchev–Trinajstić information content (AvgIpc) is 2.65. The Morgan fingerprint density at radius 1 is 0.885 bits per heavy atom. The Morgan fingerprint density at radius 2 is 1.65 bits per heavy atom. The molecule has 0 atom stereocenters. The molecule has 1 aromatic heterocycles. The fraction of sp³-hybridized carbons (Fsp3) is 0.400. The number of nitrogens with zero attached hydrogens (tertiary/aromatic N) is 1. The van der Waals surface area contributed by atoms with Gasteiger partial charge in [0.2, 0.25) is 5.69 Å². The van der Waals surface area contributed by atoms with Gasteiger partial charge in [0.05, 0.1) is 10.9 Å². The maximum Gasteiger partial charge on any atom is 0.220 e. The van der Waals surface area contributed by atoms with E-state index in [9.17, 15) is 0 Å². The zero-order valence-corrected chi connectivity index (χ0v) is 16.6. The van der Waals surface area contributed by atoms with E-state index in [1.165, 1.54) is 76.4 Å². The number of aromatic nitrogens is 1. The summed E-state index contributed by atoms with van der Waals surface area (Å²) in [6.45, 7) is 6.67. The molecular formula is C25H30N+. The summed E-state index contributed by atoms with van der Waals surface area (Å²) in [5.74, 6) is 0.758. The summed E-state index contributed by atoms with van der Waals surface area (Å²) in [6.07, 6.45) is 9.12. The highest BCUT2D eigenvalue weighted by molar-refractivity contribution is 5.94. The number of hydrogen-bond donors (Lipinski definition) is 0. The van der Waals surface area contributed by atoms with Gasteiger partial charge in [0.1, 0.15) is 7.05 Å². The normalized spacial score (nSPS) is 15.5. The first-order valence-electron chi connectivity index (χ1n) is 10.0. The Hall–Kier alpha value is -2.15. The second kappa shape index (κ2) is 6.87. The topological polar surface area (TPSA) is 3.88 Å². The van der Waals surface area contributed by atoms with Crippen LogP contribution in [-0.2, 0) is 7.05 Å². The zero-order chi connectivity index (χ0) is 18.3. The molecule has 1 heteroatoms. The summed E-state index contributed by atoms with van der Waals surface area (Å²) >= 11 is 0. The van der Waals surface area contributed by atoms with Crippen molar-refractivity contribution in [3.8, 4) is 11.3 Å². The second-order valence-electron chi connectivity index (χ2n) is 8.21. The molecule has 0 saturated heterocycles. The van der Waals surface area contributed by atoms with Crippen molar-refractivity contribution in [2.24, 2.45) is 7.05 Å². The van der Waals surface area contributed by atoms with E-state index in [1.807, 2.05) is 0 Å². The third-order valence-corrected chi connectivity index (χ3v) is 6.30. The maximum absolute atomic E-state index is 2.45. The van der Waals surface area contributed by atoms with Gasteiger partial charge in [-0.1, -0.05) is 43.0 Å². The first-order valence-corrected chi connectivity index (χ1v) is 10.0. The Bertz CT molecular complexity index is 962. The van der Waals surface area contributed by atoms with Crippen LogP contribution in [0.25, 0.3) is 22.0 Å². The molecule has 2 aromatic carbocycles. The Balaban J connectivity index is 1.89. The first-order chi connectivity index (χ1) is 12.5. The highest BCUT2D eigenvalue weighted by Gasteiger charge is 2.20. The fourth-order valence-electron chi connectivity index (χ4n) is 4.70. The number of pyridine rings is 1. The molecule has 4 rings (SSSR count). The molecule has 0 aliphatic heterocycles. The van der Waals surface area contributed by atoms with Crippen molar-refractivity contribution in [2.75, 3.05) is 0 Å². The third kappa shape index (κ3) is 3.05. The van der Waals surface area contributed by atoms with Crippen molar-refractivity contribution >= 4 is 10.8 Å².